The maximum atomic E-state index is 12.8. The molecule has 9 heteroatoms. The Morgan fingerprint density at radius 2 is 1.59 bits per heavy atom. The van der Waals surface area contributed by atoms with Crippen molar-refractivity contribution in [2.24, 2.45) is 4.99 Å². The number of piperazine rings is 1. The van der Waals surface area contributed by atoms with E-state index in [1.807, 2.05) is 11.9 Å². The van der Waals surface area contributed by atoms with Gasteiger partial charge in [0.05, 0.1) is 6.04 Å². The van der Waals surface area contributed by atoms with Crippen LogP contribution in [0.2, 0.25) is 0 Å². The predicted octanol–water partition coefficient (Wildman–Crippen LogP) is 0.819. The van der Waals surface area contributed by atoms with Gasteiger partial charge in [0.2, 0.25) is 11.8 Å². The van der Waals surface area contributed by atoms with E-state index in [0.717, 1.165) is 64.4 Å². The summed E-state index contributed by atoms with van der Waals surface area (Å²) in [4.78, 5) is 37.4. The summed E-state index contributed by atoms with van der Waals surface area (Å²) in [5.41, 5.74) is 0. The Morgan fingerprint density at radius 3 is 2.14 bits per heavy atom. The van der Waals surface area contributed by atoms with Crippen molar-refractivity contribution in [3.05, 3.63) is 0 Å². The lowest BCUT2D eigenvalue weighted by Gasteiger charge is -2.38. The van der Waals surface area contributed by atoms with E-state index in [-0.39, 0.29) is 48.4 Å². The smallest absolute Gasteiger partial charge is 0.243 e. The Bertz CT molecular complexity index is 586. The highest BCUT2D eigenvalue weighted by atomic mass is 127. The minimum atomic E-state index is 0. The first-order chi connectivity index (χ1) is 13.5. The molecule has 0 bridgehead atoms. The van der Waals surface area contributed by atoms with Crippen molar-refractivity contribution in [1.29, 1.82) is 0 Å². The molecular weight excluding hydrogens is 483 g/mol. The SMILES string of the molecule is CN(C)C(=O)CN=C(NC1CCCC1)N1CCN(C(=O)C2CCCN2C)CC1.I. The fourth-order valence-corrected chi connectivity index (χ4v) is 4.35. The minimum absolute atomic E-state index is 0. The molecule has 1 saturated carbocycles. The molecule has 1 unspecified atom stereocenters. The van der Waals surface area contributed by atoms with Crippen LogP contribution in [-0.4, -0.2) is 110 Å². The van der Waals surface area contributed by atoms with Crippen LogP contribution in [0.3, 0.4) is 0 Å². The highest BCUT2D eigenvalue weighted by molar-refractivity contribution is 14.0. The molecule has 2 heterocycles. The maximum absolute atomic E-state index is 12.8. The molecule has 8 nitrogen and oxygen atoms in total. The van der Waals surface area contributed by atoms with E-state index in [1.165, 1.54) is 12.8 Å². The Hall–Kier alpha value is -1.10. The molecule has 2 aliphatic heterocycles. The number of hydrogen-bond donors (Lipinski definition) is 1. The summed E-state index contributed by atoms with van der Waals surface area (Å²) in [7, 11) is 5.56. The Morgan fingerprint density at radius 1 is 0.966 bits per heavy atom. The first-order valence-electron chi connectivity index (χ1n) is 10.7. The number of guanidine groups is 1. The summed E-state index contributed by atoms with van der Waals surface area (Å²) in [6.45, 7) is 4.13. The highest BCUT2D eigenvalue weighted by Gasteiger charge is 2.33. The third-order valence-corrected chi connectivity index (χ3v) is 6.25. The van der Waals surface area contributed by atoms with Crippen molar-refractivity contribution in [3.63, 3.8) is 0 Å². The maximum Gasteiger partial charge on any atom is 0.243 e. The molecule has 2 saturated heterocycles. The van der Waals surface area contributed by atoms with Crippen LogP contribution in [-0.2, 0) is 9.59 Å². The molecule has 1 aliphatic carbocycles. The largest absolute Gasteiger partial charge is 0.353 e. The van der Waals surface area contributed by atoms with Crippen molar-refractivity contribution < 1.29 is 9.59 Å². The molecule has 0 spiro atoms. The average Bonchev–Trinajstić information content (AvgIpc) is 3.36. The molecule has 0 aromatic heterocycles. The molecule has 3 fully saturated rings. The zero-order valence-corrected chi connectivity index (χ0v) is 20.4. The molecule has 0 aromatic carbocycles. The van der Waals surface area contributed by atoms with Gasteiger partial charge in [-0.2, -0.15) is 0 Å². The molecule has 2 amide bonds. The summed E-state index contributed by atoms with van der Waals surface area (Å²) in [6, 6.07) is 0.494. The van der Waals surface area contributed by atoms with E-state index in [2.05, 4.69) is 20.1 Å². The normalized spacial score (nSPS) is 23.8. The van der Waals surface area contributed by atoms with Gasteiger partial charge in [-0.25, -0.2) is 4.99 Å². The first kappa shape index (κ1) is 24.2. The molecule has 0 radical (unpaired) electrons. The quantitative estimate of drug-likeness (QED) is 0.338. The molecule has 1 atom stereocenters. The Labute approximate surface area is 192 Å². The molecule has 166 valence electrons. The zero-order valence-electron chi connectivity index (χ0n) is 18.1. The molecule has 29 heavy (non-hydrogen) atoms. The number of halogens is 1. The van der Waals surface area contributed by atoms with Crippen LogP contribution in [0.5, 0.6) is 0 Å². The molecule has 1 N–H and O–H groups in total. The van der Waals surface area contributed by atoms with Gasteiger partial charge in [-0.15, -0.1) is 24.0 Å². The van der Waals surface area contributed by atoms with Crippen molar-refractivity contribution in [2.45, 2.75) is 50.6 Å². The topological polar surface area (TPSA) is 71.5 Å². The Balaban J connectivity index is 0.00000300. The van der Waals surface area contributed by atoms with E-state index in [9.17, 15) is 9.59 Å². The van der Waals surface area contributed by atoms with Gasteiger partial charge in [0.1, 0.15) is 6.54 Å². The number of amides is 2. The van der Waals surface area contributed by atoms with Gasteiger partial charge in [0.15, 0.2) is 5.96 Å². The fraction of sp³-hybridized carbons (Fsp3) is 0.850. The highest BCUT2D eigenvalue weighted by Crippen LogP contribution is 2.20. The van der Waals surface area contributed by atoms with Gasteiger partial charge in [-0.1, -0.05) is 12.8 Å². The van der Waals surface area contributed by atoms with Gasteiger partial charge >= 0.3 is 0 Å². The minimum Gasteiger partial charge on any atom is -0.353 e. The number of nitrogens with one attached hydrogen (secondary N) is 1. The number of likely N-dealkylation sites (tertiary alicyclic amines) is 1. The van der Waals surface area contributed by atoms with Crippen LogP contribution in [0.1, 0.15) is 38.5 Å². The van der Waals surface area contributed by atoms with E-state index >= 15 is 0 Å². The van der Waals surface area contributed by atoms with Gasteiger partial charge in [0, 0.05) is 46.3 Å². The van der Waals surface area contributed by atoms with Crippen LogP contribution in [0.4, 0.5) is 0 Å². The van der Waals surface area contributed by atoms with E-state index in [0.29, 0.717) is 6.04 Å². The summed E-state index contributed by atoms with van der Waals surface area (Å²) in [6.07, 6.45) is 6.89. The van der Waals surface area contributed by atoms with E-state index in [1.54, 1.807) is 19.0 Å². The van der Waals surface area contributed by atoms with Gasteiger partial charge in [-0.3, -0.25) is 14.5 Å². The second-order valence-electron chi connectivity index (χ2n) is 8.50. The number of hydrogen-bond acceptors (Lipinski definition) is 4. The zero-order chi connectivity index (χ0) is 20.1. The van der Waals surface area contributed by atoms with Crippen molar-refractivity contribution in [1.82, 2.24) is 24.9 Å². The lowest BCUT2D eigenvalue weighted by atomic mass is 10.1. The third kappa shape index (κ3) is 6.44. The fourth-order valence-electron chi connectivity index (χ4n) is 4.35. The molecule has 3 aliphatic rings. The first-order valence-corrected chi connectivity index (χ1v) is 10.7. The monoisotopic (exact) mass is 520 g/mol. The Kier molecular flexibility index (Phi) is 9.45. The van der Waals surface area contributed by atoms with Crippen molar-refractivity contribution in [3.8, 4) is 0 Å². The van der Waals surface area contributed by atoms with Gasteiger partial charge in [0.25, 0.3) is 0 Å². The summed E-state index contributed by atoms with van der Waals surface area (Å²) < 4.78 is 0. The van der Waals surface area contributed by atoms with E-state index in [4.69, 9.17) is 0 Å². The van der Waals surface area contributed by atoms with Crippen LogP contribution in [0.15, 0.2) is 4.99 Å². The second kappa shape index (κ2) is 11.3. The number of carbonyl (C=O) groups excluding carboxylic acids is 2. The molecular formula is C20H37IN6O2. The van der Waals surface area contributed by atoms with Crippen LogP contribution >= 0.6 is 24.0 Å². The van der Waals surface area contributed by atoms with Crippen LogP contribution in [0, 0.1) is 0 Å². The van der Waals surface area contributed by atoms with Crippen LogP contribution < -0.4 is 5.32 Å². The number of likely N-dealkylation sites (N-methyl/N-ethyl adjacent to an activating group) is 2. The van der Waals surface area contributed by atoms with Crippen LogP contribution in [0.25, 0.3) is 0 Å². The molecule has 3 rings (SSSR count). The lowest BCUT2D eigenvalue weighted by molar-refractivity contribution is -0.136. The molecule has 0 aromatic rings. The third-order valence-electron chi connectivity index (χ3n) is 6.25. The standard InChI is InChI=1S/C20H36N6O2.HI/c1-23(2)18(27)15-21-20(22-16-7-4-5-8-16)26-13-11-25(12-14-26)19(28)17-9-6-10-24(17)3;/h16-17H,4-15H2,1-3H3,(H,21,22);1H. The lowest BCUT2D eigenvalue weighted by Crippen LogP contribution is -2.57. The summed E-state index contributed by atoms with van der Waals surface area (Å²) in [5, 5.41) is 3.58. The number of rotatable bonds is 4. The summed E-state index contributed by atoms with van der Waals surface area (Å²) >= 11 is 0. The average molecular weight is 520 g/mol. The van der Waals surface area contributed by atoms with Gasteiger partial charge < -0.3 is 20.0 Å². The predicted molar refractivity (Wildman–Crippen MR) is 126 cm³/mol. The number of aliphatic imine (C=N–C) groups is 1. The van der Waals surface area contributed by atoms with Gasteiger partial charge in [-0.05, 0) is 39.3 Å². The van der Waals surface area contributed by atoms with Crippen molar-refractivity contribution in [2.75, 3.05) is 60.4 Å². The summed E-state index contributed by atoms with van der Waals surface area (Å²) in [5.74, 6) is 1.10. The number of nitrogens with zero attached hydrogens (tertiary/aromatic N) is 5. The number of carbonyl (C=O) groups is 2. The van der Waals surface area contributed by atoms with Crippen molar-refractivity contribution >= 4 is 41.8 Å². The second-order valence-corrected chi connectivity index (χ2v) is 8.50. The van der Waals surface area contributed by atoms with E-state index < -0.39 is 0 Å².